The summed E-state index contributed by atoms with van der Waals surface area (Å²) in [7, 11) is 1.36. The van der Waals surface area contributed by atoms with Crippen LogP contribution in [0.4, 0.5) is 24.7 Å². The van der Waals surface area contributed by atoms with Crippen molar-refractivity contribution in [2.24, 2.45) is 0 Å². The fourth-order valence-corrected chi connectivity index (χ4v) is 3.84. The van der Waals surface area contributed by atoms with Gasteiger partial charge in [0.15, 0.2) is 6.23 Å². The maximum absolute atomic E-state index is 12.8. The number of carbonyl (C=O) groups is 2. The summed E-state index contributed by atoms with van der Waals surface area (Å²) in [6.45, 7) is 2.13. The van der Waals surface area contributed by atoms with E-state index in [4.69, 9.17) is 10.5 Å². The monoisotopic (exact) mass is 554 g/mol. The van der Waals surface area contributed by atoms with E-state index in [9.17, 15) is 22.8 Å². The fraction of sp³-hybridized carbons (Fsp3) is 0.409. The molecule has 0 bridgehead atoms. The second kappa shape index (κ2) is 10.8. The van der Waals surface area contributed by atoms with Gasteiger partial charge in [-0.2, -0.15) is 18.3 Å². The van der Waals surface area contributed by atoms with Crippen LogP contribution < -0.4 is 11.1 Å². The molecule has 3 N–H and O–H groups in total. The van der Waals surface area contributed by atoms with Gasteiger partial charge in [-0.3, -0.25) is 14.6 Å². The first-order valence-electron chi connectivity index (χ1n) is 10.9. The summed E-state index contributed by atoms with van der Waals surface area (Å²) in [4.78, 5) is 34.6. The maximum atomic E-state index is 12.8. The van der Waals surface area contributed by atoms with Crippen molar-refractivity contribution < 1.29 is 44.6 Å². The van der Waals surface area contributed by atoms with E-state index >= 15 is 0 Å². The van der Waals surface area contributed by atoms with Crippen molar-refractivity contribution in [1.29, 1.82) is 0 Å². The Morgan fingerprint density at radius 1 is 1.22 bits per heavy atom. The van der Waals surface area contributed by atoms with E-state index in [1.807, 2.05) is 0 Å². The number of hydrogen-bond donors (Lipinski definition) is 2. The Hall–Kier alpha value is -3.22. The number of halogens is 3. The van der Waals surface area contributed by atoms with Crippen molar-refractivity contribution in [1.82, 2.24) is 24.6 Å². The molecule has 14 heteroatoms. The average Bonchev–Trinajstić information content (AvgIpc) is 3.31. The van der Waals surface area contributed by atoms with E-state index in [2.05, 4.69) is 20.4 Å². The molecule has 2 atom stereocenters. The Bertz CT molecular complexity index is 1240. The quantitative estimate of drug-likeness (QED) is 0.374. The minimum Gasteiger partial charge on any atom is -0.383 e. The zero-order valence-electron chi connectivity index (χ0n) is 19.3. The van der Waals surface area contributed by atoms with Gasteiger partial charge in [0.05, 0.1) is 40.8 Å². The number of rotatable bonds is 4. The zero-order valence-corrected chi connectivity index (χ0v) is 20.3. The fourth-order valence-electron chi connectivity index (χ4n) is 3.84. The van der Waals surface area contributed by atoms with Crippen molar-refractivity contribution in [3.05, 3.63) is 42.0 Å². The molecule has 4 heterocycles. The maximum Gasteiger partial charge on any atom is 0.417 e. The molecule has 0 aliphatic carbocycles. The number of alkyl halides is 3. The summed E-state index contributed by atoms with van der Waals surface area (Å²) in [5, 5.41) is 7.42. The minimum absolute atomic E-state index is 0. The molecule has 1 aliphatic rings. The Kier molecular flexibility index (Phi) is 8.22. The molecule has 4 rings (SSSR count). The Morgan fingerprint density at radius 2 is 1.97 bits per heavy atom. The van der Waals surface area contributed by atoms with Gasteiger partial charge in [0.25, 0.3) is 0 Å². The first-order valence-corrected chi connectivity index (χ1v) is 10.9. The van der Waals surface area contributed by atoms with Crippen molar-refractivity contribution in [2.75, 3.05) is 24.7 Å². The number of anilines is 2. The number of aromatic nitrogens is 4. The van der Waals surface area contributed by atoms with Gasteiger partial charge in [0.1, 0.15) is 11.3 Å². The summed E-state index contributed by atoms with van der Waals surface area (Å²) < 4.78 is 45.8. The van der Waals surface area contributed by atoms with Crippen molar-refractivity contribution >= 4 is 34.2 Å². The summed E-state index contributed by atoms with van der Waals surface area (Å²) in [5.41, 5.74) is 5.98. The number of ether oxygens (including phenoxy) is 1. The molecule has 1 unspecified atom stereocenters. The predicted molar refractivity (Wildman–Crippen MR) is 120 cm³/mol. The van der Waals surface area contributed by atoms with Crippen LogP contribution in [-0.4, -0.2) is 50.1 Å². The number of nitrogen functional groups attached to an aromatic ring is 1. The molecule has 1 radical (unpaired) electrons. The Morgan fingerprint density at radius 3 is 2.58 bits per heavy atom. The Balaban J connectivity index is 0.00000361. The summed E-state index contributed by atoms with van der Waals surface area (Å²) in [5.74, 6) is -1.66. The number of pyridine rings is 2. The topological polar surface area (TPSA) is 128 Å². The van der Waals surface area contributed by atoms with Crippen LogP contribution in [0, 0.1) is 0 Å². The number of nitrogens with one attached hydrogen (secondary N) is 1. The van der Waals surface area contributed by atoms with Gasteiger partial charge in [0.2, 0.25) is 0 Å². The van der Waals surface area contributed by atoms with Crippen LogP contribution in [-0.2, 0) is 37.6 Å². The molecular formula is C22H24CuF3N7O3. The van der Waals surface area contributed by atoms with Crippen LogP contribution in [0.2, 0.25) is 0 Å². The van der Waals surface area contributed by atoms with Crippen LogP contribution in [0.3, 0.4) is 0 Å². The molecule has 36 heavy (non-hydrogen) atoms. The van der Waals surface area contributed by atoms with Crippen LogP contribution in [0.1, 0.15) is 49.7 Å². The number of fused-ring (bicyclic) bond motifs is 1. The third-order valence-corrected chi connectivity index (χ3v) is 5.97. The van der Waals surface area contributed by atoms with Crippen LogP contribution in [0.25, 0.3) is 10.9 Å². The van der Waals surface area contributed by atoms with Crippen LogP contribution >= 0.6 is 0 Å². The molecule has 1 fully saturated rings. The largest absolute Gasteiger partial charge is 0.417 e. The van der Waals surface area contributed by atoms with Crippen LogP contribution in [0.5, 0.6) is 0 Å². The van der Waals surface area contributed by atoms with Crippen molar-refractivity contribution in [2.45, 2.75) is 44.6 Å². The molecular weight excluding hydrogens is 531 g/mol. The summed E-state index contributed by atoms with van der Waals surface area (Å²) in [6, 6.07) is 1.29. The SMILES string of the molecule is C[C@@H](c1ccc(C(F)(F)F)cn1)N(C)C(=O)C(=O)Nc1cnc(N)c2cnn(C3CCCCO3)c12.[Cu]. The van der Waals surface area contributed by atoms with Crippen LogP contribution in [0.15, 0.2) is 30.7 Å². The molecule has 0 spiro atoms. The standard InChI is InChI=1S/C22H24F3N7O3.Cu/c1-12(15-7-6-13(9-27-15)22(23,24)25)31(2)21(34)20(33)30-16-11-28-19(26)14-10-29-32(18(14)16)17-5-3-4-8-35-17;/h6-7,9-12,17H,3-5,8H2,1-2H3,(H2,26,28)(H,30,33);/t12-,17?;/m0./s1. The summed E-state index contributed by atoms with van der Waals surface area (Å²) >= 11 is 0. The van der Waals surface area contributed by atoms with E-state index in [0.29, 0.717) is 23.7 Å². The smallest absolute Gasteiger partial charge is 0.383 e. The van der Waals surface area contributed by atoms with E-state index in [0.717, 1.165) is 30.2 Å². The van der Waals surface area contributed by atoms with Gasteiger partial charge >= 0.3 is 18.0 Å². The molecule has 10 nitrogen and oxygen atoms in total. The van der Waals surface area contributed by atoms with Gasteiger partial charge in [0, 0.05) is 36.9 Å². The van der Waals surface area contributed by atoms with Gasteiger partial charge in [-0.15, -0.1) is 0 Å². The number of nitrogens with two attached hydrogens (primary N) is 1. The van der Waals surface area contributed by atoms with E-state index in [1.165, 1.54) is 25.5 Å². The van der Waals surface area contributed by atoms with Gasteiger partial charge in [-0.1, -0.05) is 0 Å². The molecule has 1 saturated heterocycles. The van der Waals surface area contributed by atoms with E-state index < -0.39 is 29.6 Å². The van der Waals surface area contributed by atoms with Crippen molar-refractivity contribution in [3.63, 3.8) is 0 Å². The Labute approximate surface area is 214 Å². The third kappa shape index (κ3) is 5.45. The van der Waals surface area contributed by atoms with Gasteiger partial charge in [-0.05, 0) is 38.3 Å². The second-order valence-electron chi connectivity index (χ2n) is 8.25. The normalized spacial score (nSPS) is 16.8. The number of amides is 2. The molecule has 0 aromatic carbocycles. The van der Waals surface area contributed by atoms with E-state index in [1.54, 1.807) is 11.6 Å². The summed E-state index contributed by atoms with van der Waals surface area (Å²) in [6.07, 6.45) is 1.30. The average molecular weight is 555 g/mol. The molecule has 2 amide bonds. The third-order valence-electron chi connectivity index (χ3n) is 5.97. The molecule has 3 aromatic rings. The first-order chi connectivity index (χ1) is 16.6. The number of carbonyl (C=O) groups excluding carboxylic acids is 2. The van der Waals surface area contributed by atoms with Gasteiger partial charge in [-0.25, -0.2) is 9.67 Å². The number of likely N-dealkylation sites (N-methyl/N-ethyl adjacent to an activating group) is 1. The molecule has 197 valence electrons. The number of nitrogens with zero attached hydrogens (tertiary/aromatic N) is 5. The number of hydrogen-bond acceptors (Lipinski definition) is 7. The predicted octanol–water partition coefficient (Wildman–Crippen LogP) is 3.28. The van der Waals surface area contributed by atoms with Crippen molar-refractivity contribution in [3.8, 4) is 0 Å². The van der Waals surface area contributed by atoms with E-state index in [-0.39, 0.29) is 40.5 Å². The minimum atomic E-state index is -4.52. The molecule has 0 saturated carbocycles. The zero-order chi connectivity index (χ0) is 25.3. The molecule has 1 aliphatic heterocycles. The second-order valence-corrected chi connectivity index (χ2v) is 8.25. The molecule has 3 aromatic heterocycles. The van der Waals surface area contributed by atoms with Gasteiger partial charge < -0.3 is 20.7 Å². The first kappa shape index (κ1) is 27.4.